The highest BCUT2D eigenvalue weighted by atomic mass is 16.5. The second kappa shape index (κ2) is 6.10. The highest BCUT2D eigenvalue weighted by Crippen LogP contribution is 2.30. The number of carbonyl (C=O) groups is 2. The van der Waals surface area contributed by atoms with Crippen molar-refractivity contribution in [1.29, 1.82) is 0 Å². The molecule has 1 heterocycles. The van der Waals surface area contributed by atoms with Crippen molar-refractivity contribution in [2.45, 2.75) is 39.7 Å². The van der Waals surface area contributed by atoms with E-state index in [1.807, 2.05) is 20.8 Å². The van der Waals surface area contributed by atoms with Gasteiger partial charge in [-0.2, -0.15) is 0 Å². The van der Waals surface area contributed by atoms with Gasteiger partial charge in [0.05, 0.1) is 5.41 Å². The molecule has 1 atom stereocenters. The Morgan fingerprint density at radius 3 is 2.35 bits per heavy atom. The Labute approximate surface area is 136 Å². The summed E-state index contributed by atoms with van der Waals surface area (Å²) in [6.07, 6.45) is 0.466. The third-order valence-corrected chi connectivity index (χ3v) is 3.81. The second-order valence-electron chi connectivity index (χ2n) is 7.21. The molecule has 1 saturated heterocycles. The first-order chi connectivity index (χ1) is 10.6. The summed E-state index contributed by atoms with van der Waals surface area (Å²) in [4.78, 5) is 25.0. The van der Waals surface area contributed by atoms with Gasteiger partial charge in [0, 0.05) is 18.8 Å². The van der Waals surface area contributed by atoms with E-state index in [4.69, 9.17) is 4.74 Å². The van der Waals surface area contributed by atoms with Crippen LogP contribution < -0.4 is 10.1 Å². The molecule has 2 amide bonds. The monoisotopic (exact) mass is 320 g/mol. The van der Waals surface area contributed by atoms with Gasteiger partial charge in [-0.15, -0.1) is 0 Å². The van der Waals surface area contributed by atoms with Crippen molar-refractivity contribution >= 4 is 17.7 Å². The molecule has 0 aromatic heterocycles. The summed E-state index contributed by atoms with van der Waals surface area (Å²) in [5.74, 6) is -0.133. The first kappa shape index (κ1) is 17.1. The van der Waals surface area contributed by atoms with Crippen molar-refractivity contribution < 1.29 is 19.4 Å². The number of hydrogen-bond acceptors (Lipinski definition) is 3. The van der Waals surface area contributed by atoms with Crippen molar-refractivity contribution in [3.05, 3.63) is 24.3 Å². The lowest BCUT2D eigenvalue weighted by atomic mass is 9.90. The third-order valence-electron chi connectivity index (χ3n) is 3.81. The molecule has 6 heteroatoms. The highest BCUT2D eigenvalue weighted by Gasteiger charge is 2.42. The van der Waals surface area contributed by atoms with E-state index in [9.17, 15) is 14.7 Å². The molecule has 0 radical (unpaired) electrons. The van der Waals surface area contributed by atoms with Gasteiger partial charge in [0.15, 0.2) is 0 Å². The molecular formula is C17H24N2O4. The van der Waals surface area contributed by atoms with Gasteiger partial charge in [-0.1, -0.05) is 0 Å². The van der Waals surface area contributed by atoms with Crippen LogP contribution in [-0.2, 0) is 4.79 Å². The highest BCUT2D eigenvalue weighted by molar-refractivity contribution is 5.90. The number of urea groups is 1. The standard InChI is InChI=1S/C17H24N2O4/c1-16(2,3)23-13-7-5-12(6-8-13)18-15(22)19-10-9-17(4,11-19)14(20)21/h5-8H,9-11H2,1-4H3,(H,18,22)(H,20,21). The number of benzene rings is 1. The molecule has 1 aliphatic heterocycles. The molecule has 1 aromatic rings. The third kappa shape index (κ3) is 4.37. The average Bonchev–Trinajstić information content (AvgIpc) is 2.84. The van der Waals surface area contributed by atoms with Crippen LogP contribution in [0.1, 0.15) is 34.1 Å². The van der Waals surface area contributed by atoms with E-state index in [0.717, 1.165) is 5.75 Å². The van der Waals surface area contributed by atoms with Gasteiger partial charge in [-0.3, -0.25) is 4.79 Å². The van der Waals surface area contributed by atoms with Crippen molar-refractivity contribution in [1.82, 2.24) is 4.90 Å². The molecule has 1 fully saturated rings. The summed E-state index contributed by atoms with van der Waals surface area (Å²) in [7, 11) is 0. The molecule has 23 heavy (non-hydrogen) atoms. The van der Waals surface area contributed by atoms with E-state index >= 15 is 0 Å². The van der Waals surface area contributed by atoms with E-state index in [1.165, 1.54) is 4.90 Å². The molecule has 0 aliphatic carbocycles. The number of nitrogens with zero attached hydrogens (tertiary/aromatic N) is 1. The summed E-state index contributed by atoms with van der Waals surface area (Å²) < 4.78 is 5.73. The van der Waals surface area contributed by atoms with Crippen LogP contribution in [0.25, 0.3) is 0 Å². The minimum Gasteiger partial charge on any atom is -0.488 e. The number of carboxylic acid groups (broad SMARTS) is 1. The molecule has 0 bridgehead atoms. The zero-order valence-electron chi connectivity index (χ0n) is 14.0. The van der Waals surface area contributed by atoms with Gasteiger partial charge in [0.25, 0.3) is 0 Å². The summed E-state index contributed by atoms with van der Waals surface area (Å²) >= 11 is 0. The minimum absolute atomic E-state index is 0.222. The maximum atomic E-state index is 12.2. The van der Waals surface area contributed by atoms with Crippen LogP contribution in [-0.4, -0.2) is 40.7 Å². The molecule has 0 saturated carbocycles. The average molecular weight is 320 g/mol. The number of rotatable bonds is 3. The normalized spacial score (nSPS) is 21.1. The molecule has 6 nitrogen and oxygen atoms in total. The molecule has 1 aromatic carbocycles. The Morgan fingerprint density at radius 2 is 1.87 bits per heavy atom. The number of carbonyl (C=O) groups excluding carboxylic acids is 1. The number of aliphatic carboxylic acids is 1. The predicted octanol–water partition coefficient (Wildman–Crippen LogP) is 3.19. The summed E-state index contributed by atoms with van der Waals surface area (Å²) in [5, 5.41) is 12.0. The smallest absolute Gasteiger partial charge is 0.321 e. The van der Waals surface area contributed by atoms with Gasteiger partial charge in [0.1, 0.15) is 11.4 Å². The summed E-state index contributed by atoms with van der Waals surface area (Å²) in [5.41, 5.74) is -0.483. The van der Waals surface area contributed by atoms with Crippen LogP contribution in [0.5, 0.6) is 5.75 Å². The fourth-order valence-corrected chi connectivity index (χ4v) is 2.47. The Bertz CT molecular complexity index is 592. The van der Waals surface area contributed by atoms with Gasteiger partial charge in [-0.25, -0.2) is 4.79 Å². The van der Waals surface area contributed by atoms with Crippen molar-refractivity contribution in [2.24, 2.45) is 5.41 Å². The predicted molar refractivity (Wildman–Crippen MR) is 87.8 cm³/mol. The number of likely N-dealkylation sites (tertiary alicyclic amines) is 1. The van der Waals surface area contributed by atoms with Gasteiger partial charge in [0.2, 0.25) is 0 Å². The van der Waals surface area contributed by atoms with E-state index in [1.54, 1.807) is 31.2 Å². The van der Waals surface area contributed by atoms with Gasteiger partial charge in [-0.05, 0) is 58.4 Å². The minimum atomic E-state index is -0.864. The Kier molecular flexibility index (Phi) is 4.54. The van der Waals surface area contributed by atoms with E-state index in [-0.39, 0.29) is 18.2 Å². The van der Waals surface area contributed by atoms with E-state index in [0.29, 0.717) is 18.7 Å². The van der Waals surface area contributed by atoms with Crippen molar-refractivity contribution in [3.63, 3.8) is 0 Å². The second-order valence-corrected chi connectivity index (χ2v) is 7.21. The van der Waals surface area contributed by atoms with Gasteiger partial charge < -0.3 is 20.1 Å². The van der Waals surface area contributed by atoms with Crippen molar-refractivity contribution in [2.75, 3.05) is 18.4 Å². The lowest BCUT2D eigenvalue weighted by Crippen LogP contribution is -2.37. The zero-order valence-corrected chi connectivity index (χ0v) is 14.0. The number of anilines is 1. The zero-order chi connectivity index (χ0) is 17.3. The van der Waals surface area contributed by atoms with Crippen LogP contribution >= 0.6 is 0 Å². The molecular weight excluding hydrogens is 296 g/mol. The first-order valence-corrected chi connectivity index (χ1v) is 7.67. The number of ether oxygens (including phenoxy) is 1. The SMILES string of the molecule is CC(C)(C)Oc1ccc(NC(=O)N2CCC(C)(C(=O)O)C2)cc1. The summed E-state index contributed by atoms with van der Waals surface area (Å²) in [6.45, 7) is 8.24. The maximum Gasteiger partial charge on any atom is 0.321 e. The van der Waals surface area contributed by atoms with E-state index < -0.39 is 11.4 Å². The molecule has 1 aliphatic rings. The van der Waals surface area contributed by atoms with Crippen LogP contribution in [0.15, 0.2) is 24.3 Å². The quantitative estimate of drug-likeness (QED) is 0.896. The van der Waals surface area contributed by atoms with Gasteiger partial charge >= 0.3 is 12.0 Å². The topological polar surface area (TPSA) is 78.9 Å². The van der Waals surface area contributed by atoms with Crippen LogP contribution in [0, 0.1) is 5.41 Å². The fourth-order valence-electron chi connectivity index (χ4n) is 2.47. The molecule has 0 spiro atoms. The number of amides is 2. The Balaban J connectivity index is 1.95. The number of carboxylic acids is 1. The number of nitrogens with one attached hydrogen (secondary N) is 1. The van der Waals surface area contributed by atoms with Crippen molar-refractivity contribution in [3.8, 4) is 5.75 Å². The lowest BCUT2D eigenvalue weighted by molar-refractivity contribution is -0.146. The molecule has 2 N–H and O–H groups in total. The molecule has 1 unspecified atom stereocenters. The van der Waals surface area contributed by atoms with E-state index in [2.05, 4.69) is 5.32 Å². The molecule has 126 valence electrons. The largest absolute Gasteiger partial charge is 0.488 e. The van der Waals surface area contributed by atoms with Crippen LogP contribution in [0.4, 0.5) is 10.5 Å². The molecule has 2 rings (SSSR count). The van der Waals surface area contributed by atoms with Crippen LogP contribution in [0.3, 0.4) is 0 Å². The fraction of sp³-hybridized carbons (Fsp3) is 0.529. The number of hydrogen-bond donors (Lipinski definition) is 2. The summed E-state index contributed by atoms with van der Waals surface area (Å²) in [6, 6.07) is 6.86. The maximum absolute atomic E-state index is 12.2. The van der Waals surface area contributed by atoms with Crippen LogP contribution in [0.2, 0.25) is 0 Å². The Hall–Kier alpha value is -2.24. The Morgan fingerprint density at radius 1 is 1.26 bits per heavy atom. The lowest BCUT2D eigenvalue weighted by Gasteiger charge is -2.22. The first-order valence-electron chi connectivity index (χ1n) is 7.67.